The summed E-state index contributed by atoms with van der Waals surface area (Å²) in [5.41, 5.74) is 0. The molecule has 0 aromatic carbocycles. The fourth-order valence-electron chi connectivity index (χ4n) is 1.68. The first-order valence-electron chi connectivity index (χ1n) is 5.03. The Kier molecular flexibility index (Phi) is 5.54. The topological polar surface area (TPSA) is 54.2 Å². The van der Waals surface area contributed by atoms with Crippen LogP contribution in [0.3, 0.4) is 0 Å². The number of piperazine rings is 1. The van der Waals surface area contributed by atoms with E-state index >= 15 is 0 Å². The van der Waals surface area contributed by atoms with Gasteiger partial charge in [-0.05, 0) is 13.3 Å². The Morgan fingerprint density at radius 2 is 2.44 bits per heavy atom. The van der Waals surface area contributed by atoms with Crippen LogP contribution in [0, 0.1) is 0 Å². The predicted molar refractivity (Wildman–Crippen MR) is 67.0 cm³/mol. The fourth-order valence-corrected chi connectivity index (χ4v) is 2.04. The molecule has 1 saturated heterocycles. The largest absolute Gasteiger partial charge is 0.338 e. The molecule has 1 N–H and O–H groups in total. The van der Waals surface area contributed by atoms with E-state index in [0.717, 1.165) is 37.1 Å². The highest BCUT2D eigenvalue weighted by Gasteiger charge is 2.24. The zero-order valence-corrected chi connectivity index (χ0v) is 11.1. The molecule has 1 aromatic heterocycles. The van der Waals surface area contributed by atoms with Crippen molar-refractivity contribution in [2.24, 2.45) is 0 Å². The average Bonchev–Trinajstić information content (AvgIpc) is 2.68. The van der Waals surface area contributed by atoms with Crippen LogP contribution in [-0.2, 0) is 5.75 Å². The van der Waals surface area contributed by atoms with Gasteiger partial charge in [-0.3, -0.25) is 4.90 Å². The second-order valence-electron chi connectivity index (χ2n) is 3.68. The highest BCUT2D eigenvalue weighted by Crippen LogP contribution is 2.18. The summed E-state index contributed by atoms with van der Waals surface area (Å²) in [5, 5.41) is 7.36. The van der Waals surface area contributed by atoms with Crippen molar-refractivity contribution < 1.29 is 4.52 Å². The number of thioether (sulfide) groups is 1. The maximum Gasteiger partial charge on any atom is 0.236 e. The summed E-state index contributed by atoms with van der Waals surface area (Å²) in [4.78, 5) is 6.65. The third-order valence-electron chi connectivity index (χ3n) is 2.56. The lowest BCUT2D eigenvalue weighted by Gasteiger charge is -2.30. The molecule has 0 saturated carbocycles. The molecule has 0 spiro atoms. The van der Waals surface area contributed by atoms with Crippen LogP contribution < -0.4 is 5.32 Å². The number of hydrogen-bond acceptors (Lipinski definition) is 6. The van der Waals surface area contributed by atoms with Gasteiger partial charge in [0.15, 0.2) is 5.82 Å². The van der Waals surface area contributed by atoms with Crippen LogP contribution in [0.4, 0.5) is 0 Å². The Labute approximate surface area is 106 Å². The van der Waals surface area contributed by atoms with E-state index in [1.165, 1.54) is 0 Å². The van der Waals surface area contributed by atoms with Gasteiger partial charge in [0, 0.05) is 19.6 Å². The first kappa shape index (κ1) is 13.8. The molecule has 7 heteroatoms. The summed E-state index contributed by atoms with van der Waals surface area (Å²) < 4.78 is 5.17. The minimum atomic E-state index is 0. The smallest absolute Gasteiger partial charge is 0.236 e. The molecule has 16 heavy (non-hydrogen) atoms. The summed E-state index contributed by atoms with van der Waals surface area (Å²) in [5.74, 6) is 2.31. The van der Waals surface area contributed by atoms with E-state index in [1.807, 2.05) is 6.26 Å². The van der Waals surface area contributed by atoms with Gasteiger partial charge in [-0.1, -0.05) is 5.16 Å². The molecule has 92 valence electrons. The third kappa shape index (κ3) is 3.10. The number of likely N-dealkylation sites (N-methyl/N-ethyl adjacent to an activating group) is 1. The van der Waals surface area contributed by atoms with Gasteiger partial charge in [0.25, 0.3) is 0 Å². The van der Waals surface area contributed by atoms with E-state index in [-0.39, 0.29) is 18.4 Å². The minimum Gasteiger partial charge on any atom is -0.338 e. The molecule has 1 aliphatic heterocycles. The maximum atomic E-state index is 5.17. The minimum absolute atomic E-state index is 0. The number of aromatic nitrogens is 2. The number of nitrogens with one attached hydrogen (secondary N) is 1. The Balaban J connectivity index is 0.00000128. The van der Waals surface area contributed by atoms with Crippen LogP contribution >= 0.6 is 24.2 Å². The van der Waals surface area contributed by atoms with Gasteiger partial charge in [-0.2, -0.15) is 16.7 Å². The van der Waals surface area contributed by atoms with Crippen molar-refractivity contribution >= 4 is 24.2 Å². The van der Waals surface area contributed by atoms with E-state index in [9.17, 15) is 0 Å². The first-order chi connectivity index (χ1) is 7.31. The normalized spacial score (nSPS) is 21.8. The third-order valence-corrected chi connectivity index (χ3v) is 3.10. The molecule has 0 amide bonds. The quantitative estimate of drug-likeness (QED) is 0.877. The molecule has 1 aliphatic rings. The number of nitrogens with zero attached hydrogens (tertiary/aromatic N) is 3. The molecule has 2 rings (SSSR count). The number of rotatable bonds is 3. The molecule has 0 radical (unpaired) electrons. The molecule has 1 aromatic rings. The Hall–Kier alpha value is -0.300. The second kappa shape index (κ2) is 6.44. The van der Waals surface area contributed by atoms with E-state index in [4.69, 9.17) is 4.52 Å². The van der Waals surface area contributed by atoms with Crippen LogP contribution in [0.25, 0.3) is 0 Å². The van der Waals surface area contributed by atoms with Crippen molar-refractivity contribution in [3.05, 3.63) is 11.7 Å². The van der Waals surface area contributed by atoms with Crippen molar-refractivity contribution in [2.45, 2.75) is 11.8 Å². The van der Waals surface area contributed by atoms with Gasteiger partial charge in [-0.25, -0.2) is 0 Å². The van der Waals surface area contributed by atoms with E-state index < -0.39 is 0 Å². The zero-order chi connectivity index (χ0) is 10.7. The van der Waals surface area contributed by atoms with Crippen LogP contribution in [0.5, 0.6) is 0 Å². The number of halogens is 1. The Morgan fingerprint density at radius 1 is 1.62 bits per heavy atom. The zero-order valence-electron chi connectivity index (χ0n) is 9.47. The van der Waals surface area contributed by atoms with Gasteiger partial charge in [0.1, 0.15) is 0 Å². The standard InChI is InChI=1S/C9H16N4OS.ClH/c1-13-4-3-10-5-7(13)9-11-8(6-15-2)14-12-9;/h7,10H,3-6H2,1-2H3;1H. The van der Waals surface area contributed by atoms with E-state index in [2.05, 4.69) is 27.4 Å². The van der Waals surface area contributed by atoms with E-state index in [1.54, 1.807) is 11.8 Å². The van der Waals surface area contributed by atoms with Gasteiger partial charge in [0.05, 0.1) is 11.8 Å². The van der Waals surface area contributed by atoms with Crippen LogP contribution in [0.2, 0.25) is 0 Å². The van der Waals surface area contributed by atoms with Gasteiger partial charge >= 0.3 is 0 Å². The summed E-state index contributed by atoms with van der Waals surface area (Å²) in [6, 6.07) is 0.248. The monoisotopic (exact) mass is 264 g/mol. The summed E-state index contributed by atoms with van der Waals surface area (Å²) in [7, 11) is 2.09. The molecule has 1 atom stereocenters. The lowest BCUT2D eigenvalue weighted by Crippen LogP contribution is -2.44. The van der Waals surface area contributed by atoms with E-state index in [0.29, 0.717) is 0 Å². The highest BCUT2D eigenvalue weighted by molar-refractivity contribution is 7.97. The molecular weight excluding hydrogens is 248 g/mol. The highest BCUT2D eigenvalue weighted by atomic mass is 35.5. The maximum absolute atomic E-state index is 5.17. The lowest BCUT2D eigenvalue weighted by molar-refractivity contribution is 0.190. The van der Waals surface area contributed by atoms with Crippen molar-refractivity contribution in [1.82, 2.24) is 20.4 Å². The second-order valence-corrected chi connectivity index (χ2v) is 4.55. The van der Waals surface area contributed by atoms with Crippen LogP contribution in [0.1, 0.15) is 17.8 Å². The SMILES string of the molecule is CSCc1nc(C2CNCCN2C)no1.Cl. The first-order valence-corrected chi connectivity index (χ1v) is 6.43. The van der Waals surface area contributed by atoms with Crippen molar-refractivity contribution in [1.29, 1.82) is 0 Å². The Bertz CT molecular complexity index is 322. The van der Waals surface area contributed by atoms with Crippen LogP contribution in [-0.4, -0.2) is 48.0 Å². The molecule has 5 nitrogen and oxygen atoms in total. The molecular formula is C9H17ClN4OS. The number of hydrogen-bond donors (Lipinski definition) is 1. The summed E-state index contributed by atoms with van der Waals surface area (Å²) in [6.07, 6.45) is 2.03. The summed E-state index contributed by atoms with van der Waals surface area (Å²) in [6.45, 7) is 2.95. The molecule has 0 bridgehead atoms. The summed E-state index contributed by atoms with van der Waals surface area (Å²) >= 11 is 1.69. The van der Waals surface area contributed by atoms with Gasteiger partial charge in [-0.15, -0.1) is 12.4 Å². The van der Waals surface area contributed by atoms with Crippen LogP contribution in [0.15, 0.2) is 4.52 Å². The van der Waals surface area contributed by atoms with Crippen molar-refractivity contribution in [2.75, 3.05) is 32.9 Å². The molecule has 1 unspecified atom stereocenters. The predicted octanol–water partition coefficient (Wildman–Crippen LogP) is 0.930. The molecule has 1 fully saturated rings. The molecule has 2 heterocycles. The van der Waals surface area contributed by atoms with Gasteiger partial charge < -0.3 is 9.84 Å². The average molecular weight is 265 g/mol. The lowest BCUT2D eigenvalue weighted by atomic mass is 10.2. The Morgan fingerprint density at radius 3 is 3.12 bits per heavy atom. The van der Waals surface area contributed by atoms with Crippen molar-refractivity contribution in [3.63, 3.8) is 0 Å². The molecule has 0 aliphatic carbocycles. The van der Waals surface area contributed by atoms with Crippen molar-refractivity contribution in [3.8, 4) is 0 Å². The fraction of sp³-hybridized carbons (Fsp3) is 0.778. The van der Waals surface area contributed by atoms with Gasteiger partial charge in [0.2, 0.25) is 5.89 Å².